The first-order valence-corrected chi connectivity index (χ1v) is 15.2. The predicted octanol–water partition coefficient (Wildman–Crippen LogP) is 8.28. The van der Waals surface area contributed by atoms with Crippen molar-refractivity contribution in [3.8, 4) is 0 Å². The van der Waals surface area contributed by atoms with E-state index >= 15 is 0 Å². The fraction of sp³-hybridized carbons (Fsp3) is 0.316. The van der Waals surface area contributed by atoms with Gasteiger partial charge in [-0.15, -0.1) is 0 Å². The maximum atomic E-state index is 12.0. The standard InChI is InChI=1S/2C15H15NO.2C4H10N.Ti/c2*1-11-7-6-8-12(2)14(11)16-15(17)13-9-4-3-5-10-13;2*1-3-5-4-2;/h2*3-10H,1-2H3,(H,16,17);2*3-4H2,1-2H3;/q;;2*-1;+4/p-2. The Hall–Kier alpha value is -3.55. The van der Waals surface area contributed by atoms with Crippen LogP contribution in [0.3, 0.4) is 0 Å². The third-order valence-corrected chi connectivity index (χ3v) is 6.24. The molecule has 0 bridgehead atoms. The van der Waals surface area contributed by atoms with Gasteiger partial charge in [-0.1, -0.05) is 125 Å². The first-order chi connectivity index (χ1) is 21.2. The van der Waals surface area contributed by atoms with Gasteiger partial charge in [0.25, 0.3) is 0 Å². The van der Waals surface area contributed by atoms with E-state index in [9.17, 15) is 10.2 Å². The van der Waals surface area contributed by atoms with E-state index in [-0.39, 0.29) is 33.5 Å². The molecule has 0 saturated carbocycles. The third-order valence-electron chi connectivity index (χ3n) is 6.24. The van der Waals surface area contributed by atoms with Crippen molar-refractivity contribution in [2.75, 3.05) is 26.2 Å². The zero-order chi connectivity index (χ0) is 32.7. The van der Waals surface area contributed by atoms with Crippen molar-refractivity contribution in [1.29, 1.82) is 0 Å². The van der Waals surface area contributed by atoms with E-state index < -0.39 is 0 Å². The molecule has 0 saturated heterocycles. The van der Waals surface area contributed by atoms with E-state index in [1.54, 1.807) is 24.3 Å². The Kier molecular flexibility index (Phi) is 22.8. The number of aliphatic imine (C=N–C) groups is 2. The molecule has 45 heavy (non-hydrogen) atoms. The van der Waals surface area contributed by atoms with Crippen LogP contribution in [0.5, 0.6) is 0 Å². The van der Waals surface area contributed by atoms with Crippen LogP contribution in [0, 0.1) is 27.7 Å². The minimum atomic E-state index is -0.192. The second kappa shape index (κ2) is 24.7. The zero-order valence-corrected chi connectivity index (χ0v) is 29.7. The number of nitrogens with zero attached hydrogens (tertiary/aromatic N) is 4. The number of para-hydroxylation sites is 2. The second-order valence-corrected chi connectivity index (χ2v) is 9.76. The number of rotatable bonds is 8. The molecule has 4 rings (SSSR count). The molecule has 0 unspecified atom stereocenters. The summed E-state index contributed by atoms with van der Waals surface area (Å²) >= 11 is 0. The molecule has 4 aromatic carbocycles. The third kappa shape index (κ3) is 16.4. The van der Waals surface area contributed by atoms with Gasteiger partial charge in [0, 0.05) is 0 Å². The van der Waals surface area contributed by atoms with Crippen LogP contribution in [0.15, 0.2) is 107 Å². The van der Waals surface area contributed by atoms with Gasteiger partial charge in [-0.3, -0.25) is 9.98 Å². The Bertz CT molecular complexity index is 1250. The van der Waals surface area contributed by atoms with Gasteiger partial charge in [0.1, 0.15) is 0 Å². The molecule has 0 aliphatic carbocycles. The van der Waals surface area contributed by atoms with Gasteiger partial charge in [-0.2, -0.15) is 26.2 Å². The molecule has 0 aromatic heterocycles. The number of hydrogen-bond donors (Lipinski definition) is 0. The number of aryl methyl sites for hydroxylation is 4. The molecule has 0 amide bonds. The monoisotopic (exact) mass is 640 g/mol. The van der Waals surface area contributed by atoms with Crippen LogP contribution in [0.25, 0.3) is 10.6 Å². The van der Waals surface area contributed by atoms with Gasteiger partial charge in [0.15, 0.2) is 0 Å². The smallest absolute Gasteiger partial charge is 0.858 e. The second-order valence-electron chi connectivity index (χ2n) is 9.76. The van der Waals surface area contributed by atoms with Crippen LogP contribution >= 0.6 is 0 Å². The summed E-state index contributed by atoms with van der Waals surface area (Å²) < 4.78 is 0. The fourth-order valence-corrected chi connectivity index (χ4v) is 3.90. The first-order valence-electron chi connectivity index (χ1n) is 15.2. The van der Waals surface area contributed by atoms with Gasteiger partial charge in [-0.05, 0) is 72.9 Å². The molecule has 4 aromatic rings. The number of hydrogen-bond acceptors (Lipinski definition) is 4. The minimum absolute atomic E-state index is 0. The summed E-state index contributed by atoms with van der Waals surface area (Å²) in [6, 6.07) is 30.0. The maximum absolute atomic E-state index is 12.0. The van der Waals surface area contributed by atoms with Crippen LogP contribution in [0.2, 0.25) is 0 Å². The molecule has 0 N–H and O–H groups in total. The molecule has 0 heterocycles. The molecule has 0 spiro atoms. The summed E-state index contributed by atoms with van der Waals surface area (Å²) in [4.78, 5) is 8.38. The van der Waals surface area contributed by atoms with Crippen LogP contribution in [0.1, 0.15) is 61.1 Å². The number of benzene rings is 4. The van der Waals surface area contributed by atoms with Crippen molar-refractivity contribution in [3.63, 3.8) is 0 Å². The molecule has 6 nitrogen and oxygen atoms in total. The summed E-state index contributed by atoms with van der Waals surface area (Å²) in [7, 11) is 0. The van der Waals surface area contributed by atoms with Crippen LogP contribution in [-0.4, -0.2) is 38.0 Å². The van der Waals surface area contributed by atoms with E-state index in [2.05, 4.69) is 20.6 Å². The summed E-state index contributed by atoms with van der Waals surface area (Å²) in [6.45, 7) is 19.9. The summed E-state index contributed by atoms with van der Waals surface area (Å²) in [5.41, 5.74) is 6.89. The first kappa shape index (κ1) is 41.5. The Morgan fingerprint density at radius 2 is 0.733 bits per heavy atom. The van der Waals surface area contributed by atoms with Gasteiger partial charge in [0.05, 0.1) is 11.4 Å². The van der Waals surface area contributed by atoms with E-state index in [1.807, 2.05) is 128 Å². The van der Waals surface area contributed by atoms with Crippen molar-refractivity contribution >= 4 is 23.2 Å². The Morgan fingerprint density at radius 3 is 0.956 bits per heavy atom. The minimum Gasteiger partial charge on any atom is -0.858 e. The average Bonchev–Trinajstić information content (AvgIpc) is 3.03. The molecule has 0 aliphatic rings. The van der Waals surface area contributed by atoms with Crippen LogP contribution < -0.4 is 10.2 Å². The molecular formula is C38H48N4O2Ti. The van der Waals surface area contributed by atoms with Crippen molar-refractivity contribution in [1.82, 2.24) is 0 Å². The summed E-state index contributed by atoms with van der Waals surface area (Å²) in [5.74, 6) is -0.383. The molecule has 0 fully saturated rings. The topological polar surface area (TPSA) is 99.0 Å². The Balaban J connectivity index is 0.000000654. The van der Waals surface area contributed by atoms with E-state index in [4.69, 9.17) is 0 Å². The predicted molar refractivity (Wildman–Crippen MR) is 186 cm³/mol. The summed E-state index contributed by atoms with van der Waals surface area (Å²) in [5, 5.41) is 31.8. The normalized spacial score (nSPS) is 10.6. The van der Waals surface area contributed by atoms with Gasteiger partial charge in [-0.25, -0.2) is 0 Å². The van der Waals surface area contributed by atoms with Gasteiger partial charge >= 0.3 is 21.7 Å². The molecular weight excluding hydrogens is 592 g/mol. The average molecular weight is 641 g/mol. The molecule has 7 heteroatoms. The van der Waals surface area contributed by atoms with Crippen LogP contribution in [-0.2, 0) is 21.7 Å². The van der Waals surface area contributed by atoms with Crippen molar-refractivity contribution in [3.05, 3.63) is 141 Å². The fourth-order valence-electron chi connectivity index (χ4n) is 3.90. The van der Waals surface area contributed by atoms with Gasteiger partial charge in [0.2, 0.25) is 0 Å². The molecule has 0 radical (unpaired) electrons. The SMILES string of the molecule is CC[N-]CC.CC[N-]CC.Cc1cccc(C)c1N=C([O-])c1ccccc1.Cc1cccc(C)c1N=C([O-])c1ccccc1.[Ti+4]. The largest absolute Gasteiger partial charge is 4.00 e. The molecule has 0 aliphatic heterocycles. The maximum Gasteiger partial charge on any atom is 4.00 e. The van der Waals surface area contributed by atoms with Crippen molar-refractivity contribution in [2.45, 2.75) is 55.4 Å². The van der Waals surface area contributed by atoms with E-state index in [0.717, 1.165) is 59.8 Å². The van der Waals surface area contributed by atoms with Crippen molar-refractivity contribution in [2.24, 2.45) is 9.98 Å². The van der Waals surface area contributed by atoms with E-state index in [1.165, 1.54) is 0 Å². The Morgan fingerprint density at radius 1 is 0.467 bits per heavy atom. The summed E-state index contributed by atoms with van der Waals surface area (Å²) in [6.07, 6.45) is 0. The quantitative estimate of drug-likeness (QED) is 0.110. The molecule has 236 valence electrons. The molecule has 0 atom stereocenters. The zero-order valence-electron chi connectivity index (χ0n) is 28.2. The van der Waals surface area contributed by atoms with Gasteiger partial charge < -0.3 is 20.8 Å². The van der Waals surface area contributed by atoms with Crippen molar-refractivity contribution < 1.29 is 31.9 Å². The van der Waals surface area contributed by atoms with E-state index in [0.29, 0.717) is 11.1 Å². The van der Waals surface area contributed by atoms with Crippen LogP contribution in [0.4, 0.5) is 11.4 Å². The Labute approximate surface area is 286 Å².